The molecule has 2 nitrogen and oxygen atoms in total. The molecule has 1 heterocycles. The molecule has 0 spiro atoms. The standard InChI is InChI=1S/C15H9F3O2/c16-15(17,18)12-8-4-3-7-11(12)13-9-5-1-2-6-10(9)14(19)20-13/h1-8,13H. The summed E-state index contributed by atoms with van der Waals surface area (Å²) in [6.45, 7) is 0. The van der Waals surface area contributed by atoms with Crippen molar-refractivity contribution in [2.45, 2.75) is 12.3 Å². The highest BCUT2D eigenvalue weighted by molar-refractivity contribution is 5.94. The van der Waals surface area contributed by atoms with Gasteiger partial charge in [-0.25, -0.2) is 4.79 Å². The lowest BCUT2D eigenvalue weighted by molar-refractivity contribution is -0.139. The normalized spacial score (nSPS) is 17.8. The van der Waals surface area contributed by atoms with Crippen LogP contribution in [0.15, 0.2) is 48.5 Å². The van der Waals surface area contributed by atoms with E-state index >= 15 is 0 Å². The number of hydrogen-bond acceptors (Lipinski definition) is 2. The monoisotopic (exact) mass is 278 g/mol. The molecule has 0 saturated heterocycles. The third kappa shape index (κ3) is 1.95. The van der Waals surface area contributed by atoms with Crippen molar-refractivity contribution in [1.82, 2.24) is 0 Å². The van der Waals surface area contributed by atoms with Crippen LogP contribution < -0.4 is 0 Å². The van der Waals surface area contributed by atoms with Crippen LogP contribution in [0.5, 0.6) is 0 Å². The van der Waals surface area contributed by atoms with Crippen LogP contribution in [0.25, 0.3) is 0 Å². The zero-order valence-corrected chi connectivity index (χ0v) is 10.1. The van der Waals surface area contributed by atoms with Crippen molar-refractivity contribution in [2.24, 2.45) is 0 Å². The molecule has 102 valence electrons. The Hall–Kier alpha value is -2.30. The van der Waals surface area contributed by atoms with Gasteiger partial charge in [-0.05, 0) is 12.1 Å². The molecule has 0 radical (unpaired) electrons. The molecule has 0 amide bonds. The van der Waals surface area contributed by atoms with Gasteiger partial charge in [0.15, 0.2) is 6.10 Å². The Morgan fingerprint density at radius 3 is 2.20 bits per heavy atom. The lowest BCUT2D eigenvalue weighted by Crippen LogP contribution is -2.12. The van der Waals surface area contributed by atoms with Crippen molar-refractivity contribution in [3.05, 3.63) is 70.8 Å². The fourth-order valence-electron chi connectivity index (χ4n) is 2.36. The Balaban J connectivity index is 2.15. The molecule has 1 aliphatic heterocycles. The van der Waals surface area contributed by atoms with E-state index in [0.717, 1.165) is 6.07 Å². The third-order valence-electron chi connectivity index (χ3n) is 3.24. The molecular weight excluding hydrogens is 269 g/mol. The second-order valence-corrected chi connectivity index (χ2v) is 4.46. The van der Waals surface area contributed by atoms with Gasteiger partial charge in [0, 0.05) is 11.1 Å². The number of benzene rings is 2. The topological polar surface area (TPSA) is 26.3 Å². The maximum absolute atomic E-state index is 13.0. The molecule has 0 saturated carbocycles. The average Bonchev–Trinajstić information content (AvgIpc) is 2.76. The maximum atomic E-state index is 13.0. The smallest absolute Gasteiger partial charge is 0.416 e. The first-order valence-corrected chi connectivity index (χ1v) is 5.94. The summed E-state index contributed by atoms with van der Waals surface area (Å²) in [6.07, 6.45) is -5.49. The summed E-state index contributed by atoms with van der Waals surface area (Å²) in [7, 11) is 0. The van der Waals surface area contributed by atoms with E-state index in [-0.39, 0.29) is 5.56 Å². The Morgan fingerprint density at radius 1 is 0.900 bits per heavy atom. The minimum absolute atomic E-state index is 0.0432. The van der Waals surface area contributed by atoms with Gasteiger partial charge in [-0.1, -0.05) is 36.4 Å². The van der Waals surface area contributed by atoms with Gasteiger partial charge in [0.2, 0.25) is 0 Å². The number of carbonyl (C=O) groups is 1. The summed E-state index contributed by atoms with van der Waals surface area (Å²) in [5.74, 6) is -0.595. The molecule has 0 N–H and O–H groups in total. The summed E-state index contributed by atoms with van der Waals surface area (Å²) in [5, 5.41) is 0. The molecule has 1 unspecified atom stereocenters. The molecule has 3 rings (SSSR count). The highest BCUT2D eigenvalue weighted by Gasteiger charge is 2.39. The van der Waals surface area contributed by atoms with Gasteiger partial charge in [0.05, 0.1) is 11.1 Å². The van der Waals surface area contributed by atoms with Gasteiger partial charge in [-0.15, -0.1) is 0 Å². The Bertz CT molecular complexity index is 677. The molecule has 5 heteroatoms. The van der Waals surface area contributed by atoms with Crippen molar-refractivity contribution in [3.63, 3.8) is 0 Å². The molecule has 2 aromatic carbocycles. The van der Waals surface area contributed by atoms with Crippen LogP contribution in [0.3, 0.4) is 0 Å². The second kappa shape index (κ2) is 4.37. The molecule has 1 aliphatic rings. The number of ether oxygens (including phenoxy) is 1. The maximum Gasteiger partial charge on any atom is 0.416 e. The minimum Gasteiger partial charge on any atom is -0.449 e. The highest BCUT2D eigenvalue weighted by Crippen LogP contribution is 2.41. The number of rotatable bonds is 1. The highest BCUT2D eigenvalue weighted by atomic mass is 19.4. The lowest BCUT2D eigenvalue weighted by atomic mass is 9.95. The molecule has 0 aliphatic carbocycles. The second-order valence-electron chi connectivity index (χ2n) is 4.46. The van der Waals surface area contributed by atoms with Crippen LogP contribution in [0, 0.1) is 0 Å². The van der Waals surface area contributed by atoms with Gasteiger partial charge >= 0.3 is 12.1 Å². The van der Waals surface area contributed by atoms with Crippen molar-refractivity contribution in [3.8, 4) is 0 Å². The van der Waals surface area contributed by atoms with E-state index in [4.69, 9.17) is 4.74 Å². The first-order chi connectivity index (χ1) is 9.48. The van der Waals surface area contributed by atoms with Gasteiger partial charge in [0.1, 0.15) is 0 Å². The summed E-state index contributed by atoms with van der Waals surface area (Å²) in [5.41, 5.74) is -0.0449. The van der Waals surface area contributed by atoms with Gasteiger partial charge in [-0.2, -0.15) is 13.2 Å². The molecule has 20 heavy (non-hydrogen) atoms. The van der Waals surface area contributed by atoms with E-state index < -0.39 is 23.8 Å². The zero-order chi connectivity index (χ0) is 14.3. The van der Waals surface area contributed by atoms with Crippen LogP contribution in [0.2, 0.25) is 0 Å². The molecule has 1 atom stereocenters. The number of cyclic esters (lactones) is 1. The minimum atomic E-state index is -4.49. The quantitative estimate of drug-likeness (QED) is 0.738. The zero-order valence-electron chi connectivity index (χ0n) is 10.1. The van der Waals surface area contributed by atoms with E-state index in [0.29, 0.717) is 11.1 Å². The predicted octanol–water partition coefficient (Wildman–Crippen LogP) is 3.97. The summed E-state index contributed by atoms with van der Waals surface area (Å²) in [6, 6.07) is 11.6. The summed E-state index contributed by atoms with van der Waals surface area (Å²) in [4.78, 5) is 11.7. The fourth-order valence-corrected chi connectivity index (χ4v) is 2.36. The molecular formula is C15H9F3O2. The van der Waals surface area contributed by atoms with Crippen molar-refractivity contribution >= 4 is 5.97 Å². The predicted molar refractivity (Wildman–Crippen MR) is 65.1 cm³/mol. The van der Waals surface area contributed by atoms with Crippen LogP contribution in [0.1, 0.15) is 33.2 Å². The number of esters is 1. The fraction of sp³-hybridized carbons (Fsp3) is 0.133. The van der Waals surface area contributed by atoms with E-state index in [9.17, 15) is 18.0 Å². The van der Waals surface area contributed by atoms with E-state index in [2.05, 4.69) is 0 Å². The van der Waals surface area contributed by atoms with Crippen LogP contribution >= 0.6 is 0 Å². The number of fused-ring (bicyclic) bond motifs is 1. The molecule has 0 aromatic heterocycles. The Labute approximate surface area is 112 Å². The Kier molecular flexibility index (Phi) is 2.78. The largest absolute Gasteiger partial charge is 0.449 e. The number of halogens is 3. The molecule has 2 aromatic rings. The number of alkyl halides is 3. The average molecular weight is 278 g/mol. The summed E-state index contributed by atoms with van der Waals surface area (Å²) < 4.78 is 44.2. The summed E-state index contributed by atoms with van der Waals surface area (Å²) >= 11 is 0. The van der Waals surface area contributed by atoms with Crippen molar-refractivity contribution < 1.29 is 22.7 Å². The molecule has 0 bridgehead atoms. The van der Waals surface area contributed by atoms with Gasteiger partial charge in [-0.3, -0.25) is 0 Å². The third-order valence-corrected chi connectivity index (χ3v) is 3.24. The van der Waals surface area contributed by atoms with E-state index in [1.807, 2.05) is 0 Å². The Morgan fingerprint density at radius 2 is 1.50 bits per heavy atom. The van der Waals surface area contributed by atoms with Crippen LogP contribution in [0.4, 0.5) is 13.2 Å². The van der Waals surface area contributed by atoms with E-state index in [1.54, 1.807) is 24.3 Å². The first-order valence-electron chi connectivity index (χ1n) is 5.94. The van der Waals surface area contributed by atoms with Crippen LogP contribution in [-0.4, -0.2) is 5.97 Å². The first kappa shape index (κ1) is 12.7. The van der Waals surface area contributed by atoms with Gasteiger partial charge in [0.25, 0.3) is 0 Å². The SMILES string of the molecule is O=C1OC(c2ccccc2C(F)(F)F)c2ccccc21. The van der Waals surface area contributed by atoms with E-state index in [1.165, 1.54) is 18.2 Å². The van der Waals surface area contributed by atoms with Crippen molar-refractivity contribution in [2.75, 3.05) is 0 Å². The number of hydrogen-bond donors (Lipinski definition) is 0. The number of carbonyl (C=O) groups excluding carboxylic acids is 1. The van der Waals surface area contributed by atoms with Crippen LogP contribution in [-0.2, 0) is 10.9 Å². The van der Waals surface area contributed by atoms with Crippen molar-refractivity contribution in [1.29, 1.82) is 0 Å². The molecule has 0 fully saturated rings. The van der Waals surface area contributed by atoms with Gasteiger partial charge < -0.3 is 4.74 Å². The lowest BCUT2D eigenvalue weighted by Gasteiger charge is -2.17.